The Labute approximate surface area is 184 Å². The Morgan fingerprint density at radius 3 is 2.06 bits per heavy atom. The van der Waals surface area contributed by atoms with Crippen molar-refractivity contribution in [1.82, 2.24) is 4.90 Å². The van der Waals surface area contributed by atoms with E-state index in [0.717, 1.165) is 4.90 Å². The molecule has 1 unspecified atom stereocenters. The lowest BCUT2D eigenvalue weighted by molar-refractivity contribution is -0.158. The number of carbonyl (C=O) groups is 3. The maximum atomic E-state index is 13.3. The van der Waals surface area contributed by atoms with Crippen LogP contribution in [0.3, 0.4) is 0 Å². The lowest BCUT2D eigenvalue weighted by Crippen LogP contribution is -2.44. The Kier molecular flexibility index (Phi) is 7.99. The summed E-state index contributed by atoms with van der Waals surface area (Å²) in [5.41, 5.74) is 1.09. The Morgan fingerprint density at radius 2 is 1.61 bits per heavy atom. The second-order valence-electron chi connectivity index (χ2n) is 8.30. The molecular weight excluding hydrogens is 412 g/mol. The summed E-state index contributed by atoms with van der Waals surface area (Å²) in [6, 6.07) is 13.2. The first-order valence-electron chi connectivity index (χ1n) is 10.2. The zero-order chi connectivity index (χ0) is 23.2. The van der Waals surface area contributed by atoms with Crippen LogP contribution in [0.25, 0.3) is 0 Å². The van der Waals surface area contributed by atoms with E-state index in [1.807, 2.05) is 31.2 Å². The topological polar surface area (TPSA) is 95.9 Å². The highest BCUT2D eigenvalue weighted by atomic mass is 28.3. The van der Waals surface area contributed by atoms with Crippen LogP contribution >= 0.6 is 0 Å². The summed E-state index contributed by atoms with van der Waals surface area (Å²) in [5.74, 6) is -2.60. The first kappa shape index (κ1) is 24.1. The number of benzene rings is 2. The monoisotopic (exact) mass is 442 g/mol. The molecule has 2 aromatic carbocycles. The molecule has 2 rings (SSSR count). The molecule has 2 N–H and O–H groups in total. The lowest BCUT2D eigenvalue weighted by Gasteiger charge is -2.30. The number of carbonyl (C=O) groups excluding carboxylic acids is 2. The zero-order valence-corrected chi connectivity index (χ0v) is 19.6. The van der Waals surface area contributed by atoms with Crippen molar-refractivity contribution in [2.24, 2.45) is 0 Å². The molecule has 0 aliphatic carbocycles. The van der Waals surface area contributed by atoms with Crippen LogP contribution in [0.1, 0.15) is 24.9 Å². The van der Waals surface area contributed by atoms with E-state index < -0.39 is 31.9 Å². The molecule has 0 saturated carbocycles. The fourth-order valence-corrected chi connectivity index (χ4v) is 4.40. The van der Waals surface area contributed by atoms with Gasteiger partial charge in [-0.2, -0.15) is 0 Å². The molecule has 166 valence electrons. The molecule has 0 bridgehead atoms. The van der Waals surface area contributed by atoms with E-state index in [0.29, 0.717) is 23.4 Å². The van der Waals surface area contributed by atoms with Gasteiger partial charge in [0, 0.05) is 12.2 Å². The second kappa shape index (κ2) is 10.3. The number of nitrogens with zero attached hydrogens (tertiary/aromatic N) is 1. The van der Waals surface area contributed by atoms with Gasteiger partial charge < -0.3 is 20.1 Å². The highest BCUT2D eigenvalue weighted by Gasteiger charge is 2.34. The molecule has 8 heteroatoms. The van der Waals surface area contributed by atoms with Gasteiger partial charge in [-0.25, -0.2) is 4.79 Å². The summed E-state index contributed by atoms with van der Waals surface area (Å²) in [7, 11) is 0.0498. The minimum absolute atomic E-state index is 0.129. The maximum absolute atomic E-state index is 13.3. The first-order chi connectivity index (χ1) is 14.6. The van der Waals surface area contributed by atoms with E-state index in [9.17, 15) is 19.5 Å². The Morgan fingerprint density at radius 1 is 1.03 bits per heavy atom. The molecule has 7 nitrogen and oxygen atoms in total. The molecule has 2 aromatic rings. The van der Waals surface area contributed by atoms with Crippen LogP contribution in [0.15, 0.2) is 48.5 Å². The molecule has 0 spiro atoms. The van der Waals surface area contributed by atoms with E-state index in [-0.39, 0.29) is 6.54 Å². The number of hydrogen-bond acceptors (Lipinski definition) is 4. The SMILES string of the molecule is CCCN(C(=O)C(=O)O)C(C(=O)Nc1ccc([Si](C)(C)C)cc1)c1ccc(OC)cc1. The van der Waals surface area contributed by atoms with Gasteiger partial charge in [-0.3, -0.25) is 9.59 Å². The fourth-order valence-electron chi connectivity index (χ4n) is 3.23. The number of carboxylic acid groups (broad SMARTS) is 1. The van der Waals surface area contributed by atoms with Gasteiger partial charge in [0.25, 0.3) is 5.91 Å². The van der Waals surface area contributed by atoms with Crippen molar-refractivity contribution in [3.63, 3.8) is 0 Å². The summed E-state index contributed by atoms with van der Waals surface area (Å²) >= 11 is 0. The Bertz CT molecular complexity index is 920. The van der Waals surface area contributed by atoms with Crippen LogP contribution in [0.2, 0.25) is 19.6 Å². The molecular formula is C23H30N2O5Si. The number of rotatable bonds is 8. The number of ether oxygens (including phenoxy) is 1. The van der Waals surface area contributed by atoms with Gasteiger partial charge in [-0.1, -0.05) is 56.0 Å². The molecule has 2 amide bonds. The van der Waals surface area contributed by atoms with Gasteiger partial charge in [0.2, 0.25) is 0 Å². The van der Waals surface area contributed by atoms with Crippen molar-refractivity contribution < 1.29 is 24.2 Å². The van der Waals surface area contributed by atoms with Gasteiger partial charge in [-0.15, -0.1) is 0 Å². The summed E-state index contributed by atoms with van der Waals surface area (Å²) < 4.78 is 5.17. The van der Waals surface area contributed by atoms with Gasteiger partial charge in [0.05, 0.1) is 15.2 Å². The minimum Gasteiger partial charge on any atom is -0.497 e. The number of hydrogen-bond donors (Lipinski definition) is 2. The zero-order valence-electron chi connectivity index (χ0n) is 18.6. The molecule has 0 aromatic heterocycles. The van der Waals surface area contributed by atoms with E-state index >= 15 is 0 Å². The molecule has 0 saturated heterocycles. The third-order valence-corrected chi connectivity index (χ3v) is 6.98. The Balaban J connectivity index is 2.41. The van der Waals surface area contributed by atoms with Gasteiger partial charge in [0.15, 0.2) is 0 Å². The van der Waals surface area contributed by atoms with Gasteiger partial charge in [-0.05, 0) is 36.2 Å². The highest BCUT2D eigenvalue weighted by molar-refractivity contribution is 6.88. The van der Waals surface area contributed by atoms with Crippen molar-refractivity contribution >= 4 is 36.7 Å². The summed E-state index contributed by atoms with van der Waals surface area (Å²) in [5, 5.41) is 13.4. The molecule has 0 aliphatic heterocycles. The molecule has 1 atom stereocenters. The molecule has 31 heavy (non-hydrogen) atoms. The number of carboxylic acids is 1. The normalized spacial score (nSPS) is 12.0. The number of amides is 2. The molecule has 0 fully saturated rings. The fraction of sp³-hybridized carbons (Fsp3) is 0.348. The summed E-state index contributed by atoms with van der Waals surface area (Å²) in [6.07, 6.45) is 0.504. The van der Waals surface area contributed by atoms with E-state index in [1.54, 1.807) is 24.3 Å². The van der Waals surface area contributed by atoms with E-state index in [4.69, 9.17) is 4.74 Å². The predicted octanol–water partition coefficient (Wildman–Crippen LogP) is 3.24. The van der Waals surface area contributed by atoms with Crippen molar-refractivity contribution in [2.75, 3.05) is 19.0 Å². The van der Waals surface area contributed by atoms with Crippen LogP contribution in [0, 0.1) is 0 Å². The molecule has 0 aliphatic rings. The first-order valence-corrected chi connectivity index (χ1v) is 13.7. The van der Waals surface area contributed by atoms with Crippen LogP contribution in [-0.4, -0.2) is 49.5 Å². The number of aliphatic carboxylic acids is 1. The van der Waals surface area contributed by atoms with Crippen LogP contribution in [0.4, 0.5) is 5.69 Å². The second-order valence-corrected chi connectivity index (χ2v) is 13.4. The number of nitrogens with one attached hydrogen (secondary N) is 1. The quantitative estimate of drug-likeness (QED) is 0.483. The maximum Gasteiger partial charge on any atom is 0.394 e. The minimum atomic E-state index is -1.60. The van der Waals surface area contributed by atoms with Gasteiger partial charge in [0.1, 0.15) is 11.8 Å². The van der Waals surface area contributed by atoms with Crippen LogP contribution in [0.5, 0.6) is 5.75 Å². The van der Waals surface area contributed by atoms with Gasteiger partial charge >= 0.3 is 11.9 Å². The van der Waals surface area contributed by atoms with E-state index in [1.165, 1.54) is 12.3 Å². The summed E-state index contributed by atoms with van der Waals surface area (Å²) in [4.78, 5) is 38.2. The predicted molar refractivity (Wildman–Crippen MR) is 123 cm³/mol. The van der Waals surface area contributed by atoms with E-state index in [2.05, 4.69) is 25.0 Å². The lowest BCUT2D eigenvalue weighted by atomic mass is 10.0. The largest absolute Gasteiger partial charge is 0.497 e. The smallest absolute Gasteiger partial charge is 0.394 e. The average Bonchev–Trinajstić information content (AvgIpc) is 2.73. The Hall–Kier alpha value is -3.13. The van der Waals surface area contributed by atoms with Crippen molar-refractivity contribution in [3.8, 4) is 5.75 Å². The van der Waals surface area contributed by atoms with Crippen LogP contribution < -0.4 is 15.2 Å². The molecule has 0 heterocycles. The number of methoxy groups -OCH3 is 1. The summed E-state index contributed by atoms with van der Waals surface area (Å²) in [6.45, 7) is 8.66. The van der Waals surface area contributed by atoms with Crippen molar-refractivity contribution in [1.29, 1.82) is 0 Å². The third-order valence-electron chi connectivity index (χ3n) is 4.92. The molecule has 0 radical (unpaired) electrons. The van der Waals surface area contributed by atoms with Crippen molar-refractivity contribution in [2.45, 2.75) is 39.0 Å². The van der Waals surface area contributed by atoms with Crippen LogP contribution in [-0.2, 0) is 14.4 Å². The average molecular weight is 443 g/mol. The third kappa shape index (κ3) is 6.18. The highest BCUT2D eigenvalue weighted by Crippen LogP contribution is 2.26. The van der Waals surface area contributed by atoms with Crippen molar-refractivity contribution in [3.05, 3.63) is 54.1 Å². The standard InChI is InChI=1S/C23H30N2O5Si/c1-6-15-25(22(27)23(28)29)20(16-7-11-18(30-2)12-8-16)21(26)24-17-9-13-19(14-10-17)31(3,4)5/h7-14,20H,6,15H2,1-5H3,(H,24,26)(H,28,29). The number of anilines is 1.